The van der Waals surface area contributed by atoms with E-state index in [0.717, 1.165) is 11.5 Å². The van der Waals surface area contributed by atoms with Crippen molar-refractivity contribution in [3.05, 3.63) is 54.5 Å². The number of H-pyrrole nitrogens is 1. The predicted molar refractivity (Wildman–Crippen MR) is 62.6 cm³/mol. The quantitative estimate of drug-likeness (QED) is 0.776. The van der Waals surface area contributed by atoms with Crippen LogP contribution >= 0.6 is 12.2 Å². The Balaban J connectivity index is 2.12. The average Bonchev–Trinajstić information content (AvgIpc) is 2.31. The first kappa shape index (κ1) is 9.73. The highest BCUT2D eigenvalue weighted by Gasteiger charge is 2.08. The van der Waals surface area contributed by atoms with Crippen LogP contribution in [0.1, 0.15) is 5.69 Å². The molecule has 0 bridgehead atoms. The molecule has 2 N–H and O–H groups in total. The molecule has 74 valence electrons. The number of pyridine rings is 2. The molecule has 15 heavy (non-hydrogen) atoms. The van der Waals surface area contributed by atoms with Gasteiger partial charge in [0.15, 0.2) is 0 Å². The van der Waals surface area contributed by atoms with Crippen LogP contribution in [0.25, 0.3) is 0 Å². The van der Waals surface area contributed by atoms with Crippen molar-refractivity contribution in [2.75, 3.05) is 5.32 Å². The topological polar surface area (TPSA) is 39.1 Å². The van der Waals surface area contributed by atoms with Crippen molar-refractivity contribution in [2.24, 2.45) is 0 Å². The van der Waals surface area contributed by atoms with Crippen molar-refractivity contribution < 1.29 is 4.98 Å². The summed E-state index contributed by atoms with van der Waals surface area (Å²) in [6.45, 7) is 0. The zero-order valence-corrected chi connectivity index (χ0v) is 8.79. The Morgan fingerprint density at radius 3 is 2.73 bits per heavy atom. The van der Waals surface area contributed by atoms with Crippen molar-refractivity contribution in [2.45, 2.75) is 0 Å². The molecule has 0 unspecified atom stereocenters. The second-order valence-electron chi connectivity index (χ2n) is 2.95. The number of nitrogens with zero attached hydrogens (tertiary/aromatic N) is 1. The fourth-order valence-electron chi connectivity index (χ4n) is 1.15. The van der Waals surface area contributed by atoms with Gasteiger partial charge in [-0.05, 0) is 30.4 Å². The van der Waals surface area contributed by atoms with Crippen molar-refractivity contribution in [1.82, 2.24) is 4.98 Å². The van der Waals surface area contributed by atoms with Crippen molar-refractivity contribution in [3.8, 4) is 0 Å². The number of rotatable bonds is 2. The largest absolute Gasteiger partial charge is 0.277 e. The van der Waals surface area contributed by atoms with Crippen LogP contribution in [-0.4, -0.2) is 9.97 Å². The van der Waals surface area contributed by atoms with Crippen LogP contribution < -0.4 is 10.3 Å². The van der Waals surface area contributed by atoms with Crippen molar-refractivity contribution in [3.63, 3.8) is 0 Å². The average molecular weight is 216 g/mol. The van der Waals surface area contributed by atoms with E-state index in [1.54, 1.807) is 6.20 Å². The van der Waals surface area contributed by atoms with Crippen LogP contribution in [-0.2, 0) is 0 Å². The van der Waals surface area contributed by atoms with E-state index in [9.17, 15) is 0 Å². The zero-order valence-electron chi connectivity index (χ0n) is 7.97. The fraction of sp³-hybridized carbons (Fsp3) is 0. The van der Waals surface area contributed by atoms with Crippen LogP contribution in [0.4, 0.5) is 5.82 Å². The summed E-state index contributed by atoms with van der Waals surface area (Å²) in [5.41, 5.74) is 0.768. The maximum absolute atomic E-state index is 5.21. The molecule has 0 aromatic carbocycles. The number of aromatic nitrogens is 2. The summed E-state index contributed by atoms with van der Waals surface area (Å²) in [6, 6.07) is 11.4. The molecule has 0 aliphatic carbocycles. The molecule has 0 fully saturated rings. The minimum atomic E-state index is 0.609. The van der Waals surface area contributed by atoms with Gasteiger partial charge in [-0.25, -0.2) is 10.3 Å². The minimum Gasteiger partial charge on any atom is -0.251 e. The summed E-state index contributed by atoms with van der Waals surface area (Å²) in [6.07, 6.45) is 3.56. The summed E-state index contributed by atoms with van der Waals surface area (Å²) in [5, 5.41) is 3.07. The summed E-state index contributed by atoms with van der Waals surface area (Å²) in [5.74, 6) is 0.855. The second kappa shape index (κ2) is 4.61. The van der Waals surface area contributed by atoms with E-state index in [2.05, 4.69) is 15.3 Å². The lowest BCUT2D eigenvalue weighted by molar-refractivity contribution is -0.360. The molecule has 3 nitrogen and oxygen atoms in total. The number of anilines is 1. The molecular weight excluding hydrogens is 206 g/mol. The second-order valence-corrected chi connectivity index (χ2v) is 3.35. The summed E-state index contributed by atoms with van der Waals surface area (Å²) >= 11 is 5.21. The summed E-state index contributed by atoms with van der Waals surface area (Å²) < 4.78 is 0. The Morgan fingerprint density at radius 2 is 2.07 bits per heavy atom. The smallest absolute Gasteiger partial charge is 0.251 e. The lowest BCUT2D eigenvalue weighted by Gasteiger charge is -1.98. The van der Waals surface area contributed by atoms with Crippen molar-refractivity contribution >= 4 is 23.0 Å². The Hall–Kier alpha value is -1.81. The number of hydrogen-bond donors (Lipinski definition) is 1. The molecule has 2 aromatic rings. The predicted octanol–water partition coefficient (Wildman–Crippen LogP) is 1.68. The highest BCUT2D eigenvalue weighted by Crippen LogP contribution is 2.01. The lowest BCUT2D eigenvalue weighted by atomic mass is 10.3. The molecule has 4 heteroatoms. The Kier molecular flexibility index (Phi) is 2.99. The van der Waals surface area contributed by atoms with E-state index >= 15 is 0 Å². The molecule has 0 spiro atoms. The molecule has 0 saturated heterocycles. The van der Waals surface area contributed by atoms with Crippen LogP contribution in [0.5, 0.6) is 0 Å². The van der Waals surface area contributed by atoms with Gasteiger partial charge in [-0.1, -0.05) is 12.1 Å². The molecule has 0 aliphatic heterocycles. The third kappa shape index (κ3) is 2.57. The van der Waals surface area contributed by atoms with E-state index in [-0.39, 0.29) is 0 Å². The number of nitrogens with one attached hydrogen (secondary N) is 2. The van der Waals surface area contributed by atoms with Crippen LogP contribution in [0, 0.1) is 0 Å². The van der Waals surface area contributed by atoms with Crippen LogP contribution in [0.2, 0.25) is 0 Å². The molecule has 0 aliphatic rings. The first-order chi connectivity index (χ1) is 7.36. The van der Waals surface area contributed by atoms with Gasteiger partial charge in [0, 0.05) is 12.3 Å². The monoisotopic (exact) mass is 216 g/mol. The first-order valence-corrected chi connectivity index (χ1v) is 4.96. The SMILES string of the molecule is S=C(Nc1cccc[nH+]1)c1ccccn1. The van der Waals surface area contributed by atoms with E-state index in [1.165, 1.54) is 0 Å². The van der Waals surface area contributed by atoms with E-state index in [1.807, 2.05) is 42.6 Å². The highest BCUT2D eigenvalue weighted by atomic mass is 32.1. The molecule has 0 amide bonds. The summed E-state index contributed by atoms with van der Waals surface area (Å²) in [4.78, 5) is 7.81. The lowest BCUT2D eigenvalue weighted by Crippen LogP contribution is -2.18. The van der Waals surface area contributed by atoms with Gasteiger partial charge in [0.2, 0.25) is 4.99 Å². The van der Waals surface area contributed by atoms with Crippen LogP contribution in [0.3, 0.4) is 0 Å². The van der Waals surface area contributed by atoms with Gasteiger partial charge in [0.05, 0.1) is 6.20 Å². The number of aromatic amines is 1. The zero-order chi connectivity index (χ0) is 10.5. The van der Waals surface area contributed by atoms with Gasteiger partial charge in [-0.3, -0.25) is 4.98 Å². The Morgan fingerprint density at radius 1 is 1.20 bits per heavy atom. The van der Waals surface area contributed by atoms with E-state index in [4.69, 9.17) is 12.2 Å². The van der Waals surface area contributed by atoms with E-state index < -0.39 is 0 Å². The molecule has 2 rings (SSSR count). The molecule has 0 radical (unpaired) electrons. The third-order valence-corrected chi connectivity index (χ3v) is 2.17. The molecule has 2 aromatic heterocycles. The Bertz CT molecular complexity index is 442. The van der Waals surface area contributed by atoms with Gasteiger partial charge in [0.25, 0.3) is 5.82 Å². The minimum absolute atomic E-state index is 0.609. The fourth-order valence-corrected chi connectivity index (χ4v) is 1.39. The van der Waals surface area contributed by atoms with Gasteiger partial charge < -0.3 is 0 Å². The first-order valence-electron chi connectivity index (χ1n) is 4.55. The van der Waals surface area contributed by atoms with Crippen LogP contribution in [0.15, 0.2) is 48.8 Å². The molecular formula is C11H10N3S+. The normalized spacial score (nSPS) is 9.60. The van der Waals surface area contributed by atoms with E-state index in [0.29, 0.717) is 4.99 Å². The molecule has 2 heterocycles. The maximum Gasteiger partial charge on any atom is 0.277 e. The third-order valence-electron chi connectivity index (χ3n) is 1.85. The summed E-state index contributed by atoms with van der Waals surface area (Å²) in [7, 11) is 0. The number of thiocarbonyl (C=S) groups is 1. The maximum atomic E-state index is 5.21. The number of hydrogen-bond acceptors (Lipinski definition) is 2. The van der Waals surface area contributed by atoms with Gasteiger partial charge in [-0.15, -0.1) is 0 Å². The molecule has 0 saturated carbocycles. The highest BCUT2D eigenvalue weighted by molar-refractivity contribution is 7.81. The molecule has 0 atom stereocenters. The standard InChI is InChI=1S/C11H9N3S/c15-11(9-5-1-3-7-12-9)14-10-6-2-4-8-13-10/h1-8H,(H,13,14,15)/p+1. The Labute approximate surface area is 93.2 Å². The van der Waals surface area contributed by atoms with Crippen molar-refractivity contribution in [1.29, 1.82) is 0 Å². The van der Waals surface area contributed by atoms with Gasteiger partial charge in [-0.2, -0.15) is 0 Å². The van der Waals surface area contributed by atoms with Gasteiger partial charge in [0.1, 0.15) is 5.69 Å². The van der Waals surface area contributed by atoms with Gasteiger partial charge >= 0.3 is 0 Å².